The lowest BCUT2D eigenvalue weighted by Gasteiger charge is -2.27. The molecule has 2 rings (SSSR count). The highest BCUT2D eigenvalue weighted by Crippen LogP contribution is 2.17. The standard InChI is InChI=1S/C25H25N3O7/c1-3-12-28(20(24(32)33)14-21(29)30)23(31)15(2)13-16-4-6-18(7-5-16)25(34)35-19-10-8-17(9-11-19)22(26)27/h3-11,13,20H,1,12,14H2,2H3,(H3,26,27)(H,29,30)(H,32,33)/b15-13+/t20-/m0/s1. The molecule has 5 N–H and O–H groups in total. The zero-order chi connectivity index (χ0) is 26.1. The second kappa shape index (κ2) is 11.9. The van der Waals surface area contributed by atoms with Crippen LogP contribution in [0.2, 0.25) is 0 Å². The van der Waals surface area contributed by atoms with Crippen molar-refractivity contribution in [2.24, 2.45) is 5.73 Å². The number of esters is 1. The topological polar surface area (TPSA) is 171 Å². The molecule has 0 aromatic heterocycles. The molecule has 0 saturated heterocycles. The van der Waals surface area contributed by atoms with Gasteiger partial charge in [0.2, 0.25) is 0 Å². The van der Waals surface area contributed by atoms with E-state index in [9.17, 15) is 24.3 Å². The summed E-state index contributed by atoms with van der Waals surface area (Å²) in [5, 5.41) is 25.8. The van der Waals surface area contributed by atoms with Crippen LogP contribution in [0.15, 0.2) is 66.8 Å². The minimum atomic E-state index is -1.55. The molecule has 0 bridgehead atoms. The highest BCUT2D eigenvalue weighted by Gasteiger charge is 2.31. The second-order valence-corrected chi connectivity index (χ2v) is 7.48. The number of amides is 1. The fraction of sp³-hybridized carbons (Fsp3) is 0.160. The Morgan fingerprint density at radius 3 is 2.11 bits per heavy atom. The molecule has 35 heavy (non-hydrogen) atoms. The summed E-state index contributed by atoms with van der Waals surface area (Å²) in [4.78, 5) is 48.8. The molecule has 0 fully saturated rings. The van der Waals surface area contributed by atoms with E-state index in [1.54, 1.807) is 24.3 Å². The van der Waals surface area contributed by atoms with Gasteiger partial charge in [0.25, 0.3) is 5.91 Å². The molecule has 10 heteroatoms. The Balaban J connectivity index is 2.16. The molecule has 1 amide bonds. The first kappa shape index (κ1) is 26.5. The van der Waals surface area contributed by atoms with Gasteiger partial charge in [-0.15, -0.1) is 6.58 Å². The van der Waals surface area contributed by atoms with Gasteiger partial charge in [-0.3, -0.25) is 15.0 Å². The Kier molecular flexibility index (Phi) is 9.04. The number of carboxylic acids is 2. The Labute approximate surface area is 201 Å². The van der Waals surface area contributed by atoms with Crippen LogP contribution in [-0.2, 0) is 14.4 Å². The van der Waals surface area contributed by atoms with Gasteiger partial charge >= 0.3 is 17.9 Å². The first-order chi connectivity index (χ1) is 16.5. The largest absolute Gasteiger partial charge is 0.481 e. The molecule has 0 heterocycles. The predicted octanol–water partition coefficient (Wildman–Crippen LogP) is 2.54. The summed E-state index contributed by atoms with van der Waals surface area (Å²) in [5.74, 6) is -3.88. The molecule has 10 nitrogen and oxygen atoms in total. The maximum Gasteiger partial charge on any atom is 0.343 e. The van der Waals surface area contributed by atoms with Crippen LogP contribution < -0.4 is 10.5 Å². The number of carbonyl (C=O) groups excluding carboxylic acids is 2. The zero-order valence-corrected chi connectivity index (χ0v) is 18.9. The van der Waals surface area contributed by atoms with Crippen molar-refractivity contribution >= 4 is 35.7 Å². The lowest BCUT2D eigenvalue weighted by molar-refractivity contribution is -0.153. The first-order valence-electron chi connectivity index (χ1n) is 10.3. The highest BCUT2D eigenvalue weighted by atomic mass is 16.5. The van der Waals surface area contributed by atoms with Gasteiger partial charge in [-0.1, -0.05) is 18.2 Å². The number of benzene rings is 2. The van der Waals surface area contributed by atoms with E-state index in [0.717, 1.165) is 4.90 Å². The van der Waals surface area contributed by atoms with Crippen LogP contribution >= 0.6 is 0 Å². The summed E-state index contributed by atoms with van der Waals surface area (Å²) < 4.78 is 5.29. The van der Waals surface area contributed by atoms with E-state index in [0.29, 0.717) is 11.1 Å². The van der Waals surface area contributed by atoms with E-state index in [4.69, 9.17) is 21.0 Å². The van der Waals surface area contributed by atoms with Gasteiger partial charge in [0.15, 0.2) is 0 Å². The lowest BCUT2D eigenvalue weighted by atomic mass is 10.1. The van der Waals surface area contributed by atoms with Crippen molar-refractivity contribution in [3.63, 3.8) is 0 Å². The van der Waals surface area contributed by atoms with E-state index in [-0.39, 0.29) is 29.3 Å². The number of hydrogen-bond acceptors (Lipinski definition) is 6. The monoisotopic (exact) mass is 479 g/mol. The van der Waals surface area contributed by atoms with Gasteiger partial charge < -0.3 is 25.6 Å². The van der Waals surface area contributed by atoms with Crippen molar-refractivity contribution in [2.75, 3.05) is 6.54 Å². The van der Waals surface area contributed by atoms with Crippen molar-refractivity contribution in [2.45, 2.75) is 19.4 Å². The molecule has 1 atom stereocenters. The van der Waals surface area contributed by atoms with Crippen molar-refractivity contribution in [1.82, 2.24) is 4.90 Å². The maximum atomic E-state index is 12.9. The van der Waals surface area contributed by atoms with Crippen LogP contribution in [0.3, 0.4) is 0 Å². The van der Waals surface area contributed by atoms with Crippen molar-refractivity contribution < 1.29 is 34.1 Å². The zero-order valence-electron chi connectivity index (χ0n) is 18.9. The fourth-order valence-electron chi connectivity index (χ4n) is 3.11. The Morgan fingerprint density at radius 1 is 1.06 bits per heavy atom. The third kappa shape index (κ3) is 7.39. The number of nitrogens with one attached hydrogen (secondary N) is 1. The Hall–Kier alpha value is -4.73. The van der Waals surface area contributed by atoms with Crippen LogP contribution in [0.5, 0.6) is 5.75 Å². The van der Waals surface area contributed by atoms with E-state index in [1.807, 2.05) is 0 Å². The predicted molar refractivity (Wildman–Crippen MR) is 128 cm³/mol. The van der Waals surface area contributed by atoms with Crippen LogP contribution in [0.25, 0.3) is 6.08 Å². The highest BCUT2D eigenvalue weighted by molar-refractivity contribution is 6.00. The number of hydrogen-bond donors (Lipinski definition) is 4. The number of amidine groups is 1. The van der Waals surface area contributed by atoms with E-state index in [1.165, 1.54) is 43.3 Å². The van der Waals surface area contributed by atoms with Crippen molar-refractivity contribution in [3.05, 3.63) is 83.4 Å². The van der Waals surface area contributed by atoms with Crippen LogP contribution in [0, 0.1) is 5.41 Å². The molecule has 182 valence electrons. The van der Waals surface area contributed by atoms with Crippen LogP contribution in [-0.4, -0.2) is 57.4 Å². The molecule has 0 spiro atoms. The average molecular weight is 479 g/mol. The average Bonchev–Trinajstić information content (AvgIpc) is 2.81. The van der Waals surface area contributed by atoms with Gasteiger partial charge in [-0.05, 0) is 55.0 Å². The van der Waals surface area contributed by atoms with Crippen LogP contribution in [0.1, 0.15) is 34.8 Å². The first-order valence-corrected chi connectivity index (χ1v) is 10.3. The molecular formula is C25H25N3O7. The molecule has 0 aliphatic carbocycles. The minimum Gasteiger partial charge on any atom is -0.481 e. The second-order valence-electron chi connectivity index (χ2n) is 7.48. The summed E-state index contributed by atoms with van der Waals surface area (Å²) in [6.07, 6.45) is 2.06. The summed E-state index contributed by atoms with van der Waals surface area (Å²) in [6.45, 7) is 4.83. The van der Waals surface area contributed by atoms with E-state index in [2.05, 4.69) is 6.58 Å². The summed E-state index contributed by atoms with van der Waals surface area (Å²) >= 11 is 0. The number of aliphatic carboxylic acids is 2. The van der Waals surface area contributed by atoms with Gasteiger partial charge in [0.1, 0.15) is 17.6 Å². The fourth-order valence-corrected chi connectivity index (χ4v) is 3.11. The molecule has 0 unspecified atom stereocenters. The number of nitrogens with zero attached hydrogens (tertiary/aromatic N) is 1. The minimum absolute atomic E-state index is 0.103. The number of carboxylic acid groups (broad SMARTS) is 2. The normalized spacial score (nSPS) is 11.7. The number of nitrogen functional groups attached to an aromatic ring is 1. The van der Waals surface area contributed by atoms with Crippen molar-refractivity contribution in [3.8, 4) is 5.75 Å². The van der Waals surface area contributed by atoms with Gasteiger partial charge in [0.05, 0.1) is 12.0 Å². The third-order valence-electron chi connectivity index (χ3n) is 4.86. The molecule has 2 aromatic rings. The van der Waals surface area contributed by atoms with Crippen LogP contribution in [0.4, 0.5) is 0 Å². The number of ether oxygens (including phenoxy) is 1. The van der Waals surface area contributed by atoms with E-state index >= 15 is 0 Å². The van der Waals surface area contributed by atoms with Gasteiger partial charge in [-0.25, -0.2) is 9.59 Å². The smallest absolute Gasteiger partial charge is 0.343 e. The van der Waals surface area contributed by atoms with Gasteiger partial charge in [0, 0.05) is 17.7 Å². The van der Waals surface area contributed by atoms with Crippen molar-refractivity contribution in [1.29, 1.82) is 5.41 Å². The third-order valence-corrected chi connectivity index (χ3v) is 4.86. The molecule has 0 radical (unpaired) electrons. The van der Waals surface area contributed by atoms with E-state index < -0.39 is 36.3 Å². The Morgan fingerprint density at radius 2 is 1.63 bits per heavy atom. The molecular weight excluding hydrogens is 454 g/mol. The molecule has 0 aliphatic heterocycles. The maximum absolute atomic E-state index is 12.9. The molecule has 0 saturated carbocycles. The number of nitrogens with two attached hydrogens (primary N) is 1. The summed E-state index contributed by atoms with van der Waals surface area (Å²) in [5.41, 5.74) is 6.87. The molecule has 2 aromatic carbocycles. The summed E-state index contributed by atoms with van der Waals surface area (Å²) in [7, 11) is 0. The summed E-state index contributed by atoms with van der Waals surface area (Å²) in [6, 6.07) is 10.8. The molecule has 0 aliphatic rings. The van der Waals surface area contributed by atoms with Gasteiger partial charge in [-0.2, -0.15) is 0 Å². The lowest BCUT2D eigenvalue weighted by Crippen LogP contribution is -2.46. The quantitative estimate of drug-likeness (QED) is 0.0951. The number of rotatable bonds is 11. The Bertz CT molecular complexity index is 1170. The SMILES string of the molecule is C=CCN(C(=O)/C(C)=C/c1ccc(C(=O)Oc2ccc(C(=N)N)cc2)cc1)[C@@H](CC(=O)O)C(=O)O. The number of carbonyl (C=O) groups is 4.